The van der Waals surface area contributed by atoms with Crippen molar-refractivity contribution in [1.82, 2.24) is 24.6 Å². The molecule has 0 bridgehead atoms. The highest BCUT2D eigenvalue weighted by molar-refractivity contribution is 5.73. The summed E-state index contributed by atoms with van der Waals surface area (Å²) in [6, 6.07) is 10.3. The van der Waals surface area contributed by atoms with Gasteiger partial charge in [0.05, 0.1) is 12.3 Å². The molecule has 4 aromatic rings. The Morgan fingerprint density at radius 1 is 1.10 bits per heavy atom. The van der Waals surface area contributed by atoms with E-state index in [1.165, 1.54) is 4.52 Å². The molecule has 1 aromatic carbocycles. The zero-order chi connectivity index (χ0) is 20.5. The van der Waals surface area contributed by atoms with Crippen LogP contribution in [0.1, 0.15) is 12.8 Å². The van der Waals surface area contributed by atoms with Crippen LogP contribution in [0.3, 0.4) is 0 Å². The van der Waals surface area contributed by atoms with E-state index in [0.29, 0.717) is 35.4 Å². The molecular formula is C21H17F2N5O2. The third kappa shape index (κ3) is 3.66. The van der Waals surface area contributed by atoms with Crippen LogP contribution in [-0.2, 0) is 0 Å². The average molecular weight is 409 g/mol. The van der Waals surface area contributed by atoms with Crippen molar-refractivity contribution in [3.05, 3.63) is 55.0 Å². The number of pyridine rings is 1. The molecule has 3 aromatic heterocycles. The van der Waals surface area contributed by atoms with Crippen LogP contribution < -0.4 is 9.47 Å². The lowest BCUT2D eigenvalue weighted by atomic mass is 10.1. The maximum atomic E-state index is 13.2. The van der Waals surface area contributed by atoms with E-state index in [2.05, 4.69) is 20.1 Å². The van der Waals surface area contributed by atoms with Gasteiger partial charge in [-0.25, -0.2) is 4.98 Å². The normalized spacial score (nSPS) is 13.7. The monoisotopic (exact) mass is 409 g/mol. The quantitative estimate of drug-likeness (QED) is 0.454. The Kier molecular flexibility index (Phi) is 4.70. The predicted octanol–water partition coefficient (Wildman–Crippen LogP) is 4.24. The second kappa shape index (κ2) is 7.66. The minimum atomic E-state index is -2.99. The smallest absolute Gasteiger partial charge is 0.387 e. The number of hydrogen-bond acceptors (Lipinski definition) is 6. The molecule has 0 unspecified atom stereocenters. The number of benzene rings is 1. The van der Waals surface area contributed by atoms with Crippen LogP contribution in [0.4, 0.5) is 8.78 Å². The molecule has 0 amide bonds. The van der Waals surface area contributed by atoms with Gasteiger partial charge in [-0.2, -0.15) is 18.3 Å². The van der Waals surface area contributed by atoms with E-state index in [9.17, 15) is 8.78 Å². The van der Waals surface area contributed by atoms with Crippen LogP contribution in [0.2, 0.25) is 0 Å². The summed E-state index contributed by atoms with van der Waals surface area (Å²) in [6.45, 7) is -2.52. The average Bonchev–Trinajstić information content (AvgIpc) is 3.48. The molecule has 1 saturated carbocycles. The minimum Gasteiger partial charge on any atom is -0.489 e. The van der Waals surface area contributed by atoms with Crippen molar-refractivity contribution < 1.29 is 18.3 Å². The third-order valence-corrected chi connectivity index (χ3v) is 4.79. The van der Waals surface area contributed by atoms with Gasteiger partial charge in [-0.3, -0.25) is 4.98 Å². The number of alkyl halides is 2. The predicted molar refractivity (Wildman–Crippen MR) is 104 cm³/mol. The summed E-state index contributed by atoms with van der Waals surface area (Å²) in [5.74, 6) is 1.48. The van der Waals surface area contributed by atoms with E-state index in [1.807, 2.05) is 6.07 Å². The van der Waals surface area contributed by atoms with E-state index >= 15 is 0 Å². The second-order valence-electron chi connectivity index (χ2n) is 6.98. The van der Waals surface area contributed by atoms with Crippen LogP contribution in [0.25, 0.3) is 28.4 Å². The van der Waals surface area contributed by atoms with Gasteiger partial charge in [0.15, 0.2) is 17.3 Å². The SMILES string of the molecule is FC(F)Oc1c(OCC2CC2)cccc1-c1ccnc2nc(-c3cccnc3)nn12. The summed E-state index contributed by atoms with van der Waals surface area (Å²) in [4.78, 5) is 12.8. The molecule has 0 saturated heterocycles. The van der Waals surface area contributed by atoms with Gasteiger partial charge in [0.2, 0.25) is 0 Å². The van der Waals surface area contributed by atoms with Crippen LogP contribution in [-0.4, -0.2) is 37.8 Å². The van der Waals surface area contributed by atoms with Crippen LogP contribution in [0, 0.1) is 5.92 Å². The summed E-state index contributed by atoms with van der Waals surface area (Å²) in [7, 11) is 0. The van der Waals surface area contributed by atoms with E-state index in [1.54, 1.807) is 48.9 Å². The van der Waals surface area contributed by atoms with Gasteiger partial charge >= 0.3 is 6.61 Å². The van der Waals surface area contributed by atoms with Crippen LogP contribution in [0.15, 0.2) is 55.0 Å². The van der Waals surface area contributed by atoms with Gasteiger partial charge in [0.25, 0.3) is 5.78 Å². The fourth-order valence-corrected chi connectivity index (χ4v) is 3.15. The maximum Gasteiger partial charge on any atom is 0.387 e. The zero-order valence-corrected chi connectivity index (χ0v) is 15.8. The molecule has 30 heavy (non-hydrogen) atoms. The zero-order valence-electron chi connectivity index (χ0n) is 15.8. The topological polar surface area (TPSA) is 74.4 Å². The molecule has 0 atom stereocenters. The highest BCUT2D eigenvalue weighted by Crippen LogP contribution is 2.40. The van der Waals surface area contributed by atoms with Gasteiger partial charge < -0.3 is 9.47 Å². The summed E-state index contributed by atoms with van der Waals surface area (Å²) in [6.07, 6.45) is 7.03. The molecule has 0 spiro atoms. The molecule has 0 N–H and O–H groups in total. The summed E-state index contributed by atoms with van der Waals surface area (Å²) < 4.78 is 38.6. The van der Waals surface area contributed by atoms with E-state index in [0.717, 1.165) is 18.4 Å². The largest absolute Gasteiger partial charge is 0.489 e. The number of halogens is 2. The van der Waals surface area contributed by atoms with Gasteiger partial charge in [0.1, 0.15) is 0 Å². The molecule has 9 heteroatoms. The Balaban J connectivity index is 1.62. The van der Waals surface area contributed by atoms with Crippen molar-refractivity contribution in [3.63, 3.8) is 0 Å². The Morgan fingerprint density at radius 2 is 2.00 bits per heavy atom. The lowest BCUT2D eigenvalue weighted by Gasteiger charge is -2.16. The molecule has 3 heterocycles. The first-order valence-electron chi connectivity index (χ1n) is 9.52. The molecule has 1 fully saturated rings. The molecule has 1 aliphatic carbocycles. The number of aromatic nitrogens is 5. The first kappa shape index (κ1) is 18.4. The number of para-hydroxylation sites is 1. The summed E-state index contributed by atoms with van der Waals surface area (Å²) >= 11 is 0. The number of rotatable bonds is 7. The standard InChI is InChI=1S/C21H17F2N5O2/c22-20(23)30-18-15(4-1-5-17(18)29-12-13-6-7-13)16-8-10-25-21-26-19(27-28(16)21)14-3-2-9-24-11-14/h1-5,8-11,13,20H,6-7,12H2. The molecule has 0 radical (unpaired) electrons. The molecule has 7 nitrogen and oxygen atoms in total. The molecule has 1 aliphatic rings. The van der Waals surface area contributed by atoms with Crippen molar-refractivity contribution in [2.24, 2.45) is 5.92 Å². The first-order valence-corrected chi connectivity index (χ1v) is 9.52. The Labute approximate surface area is 170 Å². The van der Waals surface area contributed by atoms with Gasteiger partial charge in [-0.1, -0.05) is 6.07 Å². The number of ether oxygens (including phenoxy) is 2. The molecule has 5 rings (SSSR count). The first-order chi connectivity index (χ1) is 14.7. The lowest BCUT2D eigenvalue weighted by molar-refractivity contribution is -0.0511. The van der Waals surface area contributed by atoms with Crippen molar-refractivity contribution >= 4 is 5.78 Å². The Morgan fingerprint density at radius 3 is 2.77 bits per heavy atom. The van der Waals surface area contributed by atoms with Crippen LogP contribution >= 0.6 is 0 Å². The van der Waals surface area contributed by atoms with Crippen molar-refractivity contribution in [2.75, 3.05) is 6.61 Å². The van der Waals surface area contributed by atoms with Gasteiger partial charge in [-0.15, -0.1) is 5.10 Å². The van der Waals surface area contributed by atoms with Crippen molar-refractivity contribution in [2.45, 2.75) is 19.5 Å². The third-order valence-electron chi connectivity index (χ3n) is 4.79. The number of fused-ring (bicyclic) bond motifs is 1. The molecule has 0 aliphatic heterocycles. The molecule has 152 valence electrons. The minimum absolute atomic E-state index is 0.0286. The number of nitrogens with zero attached hydrogens (tertiary/aromatic N) is 5. The van der Waals surface area contributed by atoms with Gasteiger partial charge in [-0.05, 0) is 49.1 Å². The van der Waals surface area contributed by atoms with Gasteiger partial charge in [0, 0.05) is 29.7 Å². The van der Waals surface area contributed by atoms with Crippen molar-refractivity contribution in [1.29, 1.82) is 0 Å². The second-order valence-corrected chi connectivity index (χ2v) is 6.98. The number of hydrogen-bond donors (Lipinski definition) is 0. The lowest BCUT2D eigenvalue weighted by Crippen LogP contribution is -2.08. The van der Waals surface area contributed by atoms with Crippen molar-refractivity contribution in [3.8, 4) is 34.1 Å². The summed E-state index contributed by atoms with van der Waals surface area (Å²) in [5.41, 5.74) is 1.65. The fourth-order valence-electron chi connectivity index (χ4n) is 3.15. The van der Waals surface area contributed by atoms with E-state index in [4.69, 9.17) is 9.47 Å². The molecular weight excluding hydrogens is 392 g/mol. The highest BCUT2D eigenvalue weighted by atomic mass is 19.3. The van der Waals surface area contributed by atoms with E-state index < -0.39 is 6.61 Å². The Hall–Kier alpha value is -3.62. The van der Waals surface area contributed by atoms with Crippen LogP contribution in [0.5, 0.6) is 11.5 Å². The Bertz CT molecular complexity index is 1180. The maximum absolute atomic E-state index is 13.2. The fraction of sp³-hybridized carbons (Fsp3) is 0.238. The highest BCUT2D eigenvalue weighted by Gasteiger charge is 2.25. The summed E-state index contributed by atoms with van der Waals surface area (Å²) in [5, 5.41) is 4.51. The van der Waals surface area contributed by atoms with E-state index in [-0.39, 0.29) is 11.5 Å².